The molecule has 3 amide bonds. The smallest absolute Gasteiger partial charge is 0.326 e. The number of urea groups is 1. The number of amides is 3. The number of aliphatic carboxylic acids is 1. The minimum atomic E-state index is -1.16. The summed E-state index contributed by atoms with van der Waals surface area (Å²) in [6, 6.07) is 13.2. The average Bonchev–Trinajstić information content (AvgIpc) is 3.10. The van der Waals surface area contributed by atoms with E-state index in [0.29, 0.717) is 56.7 Å². The maximum absolute atomic E-state index is 15.5. The number of carbonyl (C=O) groups excluding carboxylic acids is 2. The summed E-state index contributed by atoms with van der Waals surface area (Å²) in [7, 11) is 3.63. The van der Waals surface area contributed by atoms with Gasteiger partial charge in [-0.3, -0.25) is 4.79 Å². The Kier molecular flexibility index (Phi) is 11.6. The zero-order valence-corrected chi connectivity index (χ0v) is 27.3. The SMILES string of the molecule is COc1ccc(CCNc2ncnc(N3CCCC(C(=O)N[C@@H](Cc4ccc(NC(=O)N5CCN(C)CC5)cc4)C(=O)O)C3)c2F)cc1. The molecule has 2 aliphatic rings. The van der Waals surface area contributed by atoms with Crippen LogP contribution in [-0.4, -0.2) is 109 Å². The molecule has 3 heterocycles. The molecule has 2 aliphatic heterocycles. The standard InChI is InChI=1S/C34H43FN8O5/c1-41-16-18-42(19-17-41)34(47)39-26-9-5-24(6-10-26)20-28(33(45)46)40-32(44)25-4-3-15-43(21-25)31-29(35)30(37-22-38-31)36-14-13-23-7-11-27(48-2)12-8-23/h5-12,22,25,28H,3-4,13-21H2,1-2H3,(H,39,47)(H,40,44)(H,45,46)(H,36,37,38)/t25?,28-/m0/s1. The second kappa shape index (κ2) is 16.2. The van der Waals surface area contributed by atoms with Crippen molar-refractivity contribution in [2.45, 2.75) is 31.7 Å². The molecule has 1 unspecified atom stereocenters. The van der Waals surface area contributed by atoms with Crippen molar-refractivity contribution in [3.05, 3.63) is 71.8 Å². The fourth-order valence-electron chi connectivity index (χ4n) is 5.87. The van der Waals surface area contributed by atoms with E-state index in [4.69, 9.17) is 4.74 Å². The Bertz CT molecular complexity index is 1550. The number of piperidine rings is 1. The first kappa shape index (κ1) is 34.4. The number of anilines is 3. The average molecular weight is 663 g/mol. The monoisotopic (exact) mass is 662 g/mol. The highest BCUT2D eigenvalue weighted by Crippen LogP contribution is 2.27. The third-order valence-electron chi connectivity index (χ3n) is 8.78. The van der Waals surface area contributed by atoms with Crippen LogP contribution >= 0.6 is 0 Å². The van der Waals surface area contributed by atoms with E-state index in [9.17, 15) is 19.5 Å². The molecule has 0 radical (unpaired) electrons. The van der Waals surface area contributed by atoms with E-state index in [-0.39, 0.29) is 30.6 Å². The van der Waals surface area contributed by atoms with E-state index in [1.54, 1.807) is 41.2 Å². The van der Waals surface area contributed by atoms with E-state index < -0.39 is 29.7 Å². The number of aromatic nitrogens is 2. The van der Waals surface area contributed by atoms with Crippen LogP contribution in [0, 0.1) is 11.7 Å². The van der Waals surface area contributed by atoms with Crippen LogP contribution in [0.1, 0.15) is 24.0 Å². The van der Waals surface area contributed by atoms with Gasteiger partial charge in [0, 0.05) is 57.9 Å². The number of halogens is 1. The van der Waals surface area contributed by atoms with Crippen molar-refractivity contribution < 1.29 is 28.6 Å². The Labute approximate surface area is 279 Å². The van der Waals surface area contributed by atoms with Crippen LogP contribution in [0.3, 0.4) is 0 Å². The normalized spacial score (nSPS) is 17.4. The number of nitrogens with zero attached hydrogens (tertiary/aromatic N) is 5. The van der Waals surface area contributed by atoms with Crippen LogP contribution in [0.4, 0.5) is 26.5 Å². The van der Waals surface area contributed by atoms with Crippen LogP contribution < -0.4 is 25.6 Å². The predicted molar refractivity (Wildman–Crippen MR) is 180 cm³/mol. The van der Waals surface area contributed by atoms with Crippen LogP contribution in [0.2, 0.25) is 0 Å². The number of hydrogen-bond acceptors (Lipinski definition) is 9. The van der Waals surface area contributed by atoms with Gasteiger partial charge in [-0.05, 0) is 61.7 Å². The molecule has 2 saturated heterocycles. The minimum absolute atomic E-state index is 0.0658. The molecule has 3 aromatic rings. The highest BCUT2D eigenvalue weighted by atomic mass is 19.1. The summed E-state index contributed by atoms with van der Waals surface area (Å²) in [4.78, 5) is 51.9. The minimum Gasteiger partial charge on any atom is -0.497 e. The van der Waals surface area contributed by atoms with Gasteiger partial charge in [-0.25, -0.2) is 19.6 Å². The number of hydrogen-bond donors (Lipinski definition) is 4. The van der Waals surface area contributed by atoms with Crippen LogP contribution in [-0.2, 0) is 22.4 Å². The van der Waals surface area contributed by atoms with Crippen molar-refractivity contribution in [1.29, 1.82) is 0 Å². The summed E-state index contributed by atoms with van der Waals surface area (Å²) < 4.78 is 20.7. The molecule has 1 aromatic heterocycles. The van der Waals surface area contributed by atoms with Gasteiger partial charge in [0.05, 0.1) is 13.0 Å². The van der Waals surface area contributed by atoms with E-state index in [1.165, 1.54) is 6.33 Å². The molecule has 4 N–H and O–H groups in total. The van der Waals surface area contributed by atoms with Crippen LogP contribution in [0.15, 0.2) is 54.9 Å². The van der Waals surface area contributed by atoms with Crippen molar-refractivity contribution in [3.63, 3.8) is 0 Å². The number of nitrogens with one attached hydrogen (secondary N) is 3. The number of piperazine rings is 1. The van der Waals surface area contributed by atoms with E-state index in [1.807, 2.05) is 31.3 Å². The van der Waals surface area contributed by atoms with Gasteiger partial charge in [-0.15, -0.1) is 0 Å². The summed E-state index contributed by atoms with van der Waals surface area (Å²) >= 11 is 0. The highest BCUT2D eigenvalue weighted by Gasteiger charge is 2.31. The van der Waals surface area contributed by atoms with Crippen LogP contribution in [0.5, 0.6) is 5.75 Å². The number of likely N-dealkylation sites (N-methyl/N-ethyl adjacent to an activating group) is 1. The lowest BCUT2D eigenvalue weighted by atomic mass is 9.96. The molecular formula is C34H43FN8O5. The lowest BCUT2D eigenvalue weighted by Crippen LogP contribution is -2.49. The van der Waals surface area contributed by atoms with Crippen molar-refractivity contribution in [1.82, 2.24) is 25.1 Å². The molecular weight excluding hydrogens is 619 g/mol. The topological polar surface area (TPSA) is 152 Å². The molecule has 48 heavy (non-hydrogen) atoms. The van der Waals surface area contributed by atoms with Crippen molar-refractivity contribution >= 4 is 35.2 Å². The fourth-order valence-corrected chi connectivity index (χ4v) is 5.87. The zero-order valence-electron chi connectivity index (χ0n) is 27.3. The maximum Gasteiger partial charge on any atom is 0.326 e. The van der Waals surface area contributed by atoms with Crippen molar-refractivity contribution in [2.24, 2.45) is 5.92 Å². The molecule has 14 heteroatoms. The van der Waals surface area contributed by atoms with Gasteiger partial charge in [0.15, 0.2) is 11.6 Å². The first-order valence-corrected chi connectivity index (χ1v) is 16.2. The molecule has 2 fully saturated rings. The lowest BCUT2D eigenvalue weighted by molar-refractivity contribution is -0.142. The second-order valence-corrected chi connectivity index (χ2v) is 12.2. The largest absolute Gasteiger partial charge is 0.497 e. The molecule has 2 aromatic carbocycles. The third-order valence-corrected chi connectivity index (χ3v) is 8.78. The molecule has 0 saturated carbocycles. The van der Waals surface area contributed by atoms with Gasteiger partial charge >= 0.3 is 12.0 Å². The number of carbonyl (C=O) groups is 3. The number of methoxy groups -OCH3 is 1. The van der Waals surface area contributed by atoms with Gasteiger partial charge in [0.2, 0.25) is 11.7 Å². The molecule has 2 atom stereocenters. The third kappa shape index (κ3) is 9.09. The summed E-state index contributed by atoms with van der Waals surface area (Å²) in [6.45, 7) is 4.08. The first-order valence-electron chi connectivity index (χ1n) is 16.2. The Morgan fingerprint density at radius 3 is 2.40 bits per heavy atom. The quantitative estimate of drug-likeness (QED) is 0.228. The summed E-state index contributed by atoms with van der Waals surface area (Å²) in [5.41, 5.74) is 2.36. The Balaban J connectivity index is 1.13. The van der Waals surface area contributed by atoms with Gasteiger partial charge < -0.3 is 40.5 Å². The van der Waals surface area contributed by atoms with E-state index >= 15 is 4.39 Å². The zero-order chi connectivity index (χ0) is 34.0. The van der Waals surface area contributed by atoms with Crippen molar-refractivity contribution in [2.75, 3.05) is 75.5 Å². The van der Waals surface area contributed by atoms with E-state index in [2.05, 4.69) is 30.8 Å². The van der Waals surface area contributed by atoms with Crippen LogP contribution in [0.25, 0.3) is 0 Å². The number of rotatable bonds is 12. The maximum atomic E-state index is 15.5. The van der Waals surface area contributed by atoms with Gasteiger partial charge in [0.25, 0.3) is 0 Å². The second-order valence-electron chi connectivity index (χ2n) is 12.2. The molecule has 13 nitrogen and oxygen atoms in total. The summed E-state index contributed by atoms with van der Waals surface area (Å²) in [5, 5.41) is 18.5. The Morgan fingerprint density at radius 2 is 1.71 bits per heavy atom. The Hall–Kier alpha value is -4.98. The lowest BCUT2D eigenvalue weighted by Gasteiger charge is -2.33. The highest BCUT2D eigenvalue weighted by molar-refractivity contribution is 5.89. The van der Waals surface area contributed by atoms with Gasteiger partial charge in [-0.1, -0.05) is 24.3 Å². The molecule has 0 bridgehead atoms. The first-order chi connectivity index (χ1) is 23.2. The summed E-state index contributed by atoms with van der Waals surface area (Å²) in [6.07, 6.45) is 3.16. The fraction of sp³-hybridized carbons (Fsp3) is 0.441. The molecule has 5 rings (SSSR count). The van der Waals surface area contributed by atoms with Gasteiger partial charge in [-0.2, -0.15) is 4.39 Å². The number of carboxylic acid groups (broad SMARTS) is 1. The Morgan fingerprint density at radius 1 is 1.00 bits per heavy atom. The number of benzene rings is 2. The molecule has 256 valence electrons. The number of carboxylic acids is 1. The van der Waals surface area contributed by atoms with E-state index in [0.717, 1.165) is 24.4 Å². The number of ether oxygens (including phenoxy) is 1. The molecule has 0 aliphatic carbocycles. The van der Waals surface area contributed by atoms with Gasteiger partial charge in [0.1, 0.15) is 18.1 Å². The predicted octanol–water partition coefficient (Wildman–Crippen LogP) is 3.09. The summed E-state index contributed by atoms with van der Waals surface area (Å²) in [5.74, 6) is -1.76. The van der Waals surface area contributed by atoms with Crippen molar-refractivity contribution in [3.8, 4) is 5.75 Å². The molecule has 0 spiro atoms.